The highest BCUT2D eigenvalue weighted by atomic mass is 35.5. The van der Waals surface area contributed by atoms with Crippen LogP contribution in [0.25, 0.3) is 0 Å². The summed E-state index contributed by atoms with van der Waals surface area (Å²) in [6, 6.07) is 15.3. The van der Waals surface area contributed by atoms with Crippen LogP contribution in [0.3, 0.4) is 0 Å². The second kappa shape index (κ2) is 12.0. The number of nitrogens with zero attached hydrogens (tertiary/aromatic N) is 1. The van der Waals surface area contributed by atoms with Gasteiger partial charge in [-0.3, -0.25) is 9.59 Å². The first-order valence-electron chi connectivity index (χ1n) is 10.3. The van der Waals surface area contributed by atoms with E-state index in [0.29, 0.717) is 29.5 Å². The van der Waals surface area contributed by atoms with E-state index in [0.717, 1.165) is 16.7 Å². The van der Waals surface area contributed by atoms with Gasteiger partial charge in [0.15, 0.2) is 0 Å². The van der Waals surface area contributed by atoms with Crippen molar-refractivity contribution in [3.63, 3.8) is 0 Å². The first-order valence-corrected chi connectivity index (χ1v) is 11.8. The fourth-order valence-corrected chi connectivity index (χ4v) is 4.33. The molecule has 0 aromatic heterocycles. The average Bonchev–Trinajstić information content (AvgIpc) is 2.70. The molecule has 1 N–H and O–H groups in total. The van der Waals surface area contributed by atoms with Gasteiger partial charge in [0.1, 0.15) is 6.04 Å². The third-order valence-corrected chi connectivity index (χ3v) is 6.07. The third kappa shape index (κ3) is 7.37. The zero-order valence-electron chi connectivity index (χ0n) is 18.2. The Balaban J connectivity index is 2.13. The minimum Gasteiger partial charge on any atom is -0.352 e. The molecule has 0 radical (unpaired) electrons. The van der Waals surface area contributed by atoms with Crippen LogP contribution < -0.4 is 5.32 Å². The predicted octanol–water partition coefficient (Wildman–Crippen LogP) is 5.21. The number of benzene rings is 2. The van der Waals surface area contributed by atoms with Gasteiger partial charge in [0.2, 0.25) is 11.8 Å². The van der Waals surface area contributed by atoms with Crippen molar-refractivity contribution in [1.82, 2.24) is 10.2 Å². The maximum absolute atomic E-state index is 13.2. The van der Waals surface area contributed by atoms with Gasteiger partial charge >= 0.3 is 0 Å². The summed E-state index contributed by atoms with van der Waals surface area (Å²) in [6.45, 7) is 8.24. The van der Waals surface area contributed by atoms with Gasteiger partial charge in [0.05, 0.1) is 5.75 Å². The maximum Gasteiger partial charge on any atom is 0.243 e. The molecule has 162 valence electrons. The summed E-state index contributed by atoms with van der Waals surface area (Å²) in [5.74, 6) is 0.795. The summed E-state index contributed by atoms with van der Waals surface area (Å²) in [5.41, 5.74) is 3.18. The van der Waals surface area contributed by atoms with Crippen molar-refractivity contribution in [2.75, 3.05) is 5.75 Å². The number of halogens is 1. The Labute approximate surface area is 189 Å². The summed E-state index contributed by atoms with van der Waals surface area (Å²) < 4.78 is 0. The molecule has 0 saturated heterocycles. The summed E-state index contributed by atoms with van der Waals surface area (Å²) >= 11 is 7.74. The van der Waals surface area contributed by atoms with E-state index in [2.05, 4.69) is 5.32 Å². The molecule has 0 bridgehead atoms. The Bertz CT molecular complexity index is 839. The fourth-order valence-electron chi connectivity index (χ4n) is 3.14. The van der Waals surface area contributed by atoms with E-state index in [1.165, 1.54) is 11.8 Å². The molecule has 0 unspecified atom stereocenters. The lowest BCUT2D eigenvalue weighted by molar-refractivity contribution is -0.139. The average molecular weight is 447 g/mol. The van der Waals surface area contributed by atoms with Gasteiger partial charge in [0.25, 0.3) is 0 Å². The number of hydrogen-bond donors (Lipinski definition) is 1. The highest BCUT2D eigenvalue weighted by Gasteiger charge is 2.28. The molecule has 6 heteroatoms. The normalized spacial score (nSPS) is 11.9. The van der Waals surface area contributed by atoms with Crippen LogP contribution in [0.1, 0.15) is 43.9 Å². The quantitative estimate of drug-likeness (QED) is 0.544. The van der Waals surface area contributed by atoms with E-state index in [9.17, 15) is 9.59 Å². The first-order chi connectivity index (χ1) is 14.3. The van der Waals surface area contributed by atoms with Crippen molar-refractivity contribution in [2.24, 2.45) is 0 Å². The van der Waals surface area contributed by atoms with Crippen molar-refractivity contribution in [1.29, 1.82) is 0 Å². The molecule has 0 spiro atoms. The van der Waals surface area contributed by atoms with E-state index >= 15 is 0 Å². The van der Waals surface area contributed by atoms with Gasteiger partial charge in [-0.2, -0.15) is 0 Å². The van der Waals surface area contributed by atoms with E-state index in [1.54, 1.807) is 4.90 Å². The molecular weight excluding hydrogens is 416 g/mol. The number of hydrogen-bond acceptors (Lipinski definition) is 3. The Hall–Kier alpha value is -1.98. The van der Waals surface area contributed by atoms with Crippen LogP contribution in [-0.2, 0) is 21.9 Å². The van der Waals surface area contributed by atoms with E-state index in [4.69, 9.17) is 11.6 Å². The molecule has 2 rings (SSSR count). The highest BCUT2D eigenvalue weighted by Crippen LogP contribution is 2.22. The largest absolute Gasteiger partial charge is 0.352 e. The zero-order valence-corrected chi connectivity index (χ0v) is 19.7. The lowest BCUT2D eigenvalue weighted by atomic mass is 10.1. The van der Waals surface area contributed by atoms with Crippen molar-refractivity contribution in [3.8, 4) is 0 Å². The molecular formula is C24H31ClN2O2S. The van der Waals surface area contributed by atoms with Crippen LogP contribution in [0.5, 0.6) is 0 Å². The Morgan fingerprint density at radius 2 is 1.77 bits per heavy atom. The third-order valence-electron chi connectivity index (χ3n) is 4.73. The highest BCUT2D eigenvalue weighted by molar-refractivity contribution is 7.99. The van der Waals surface area contributed by atoms with Gasteiger partial charge in [0, 0.05) is 23.4 Å². The van der Waals surface area contributed by atoms with Crippen LogP contribution >= 0.6 is 23.4 Å². The molecule has 2 amide bonds. The molecule has 0 aliphatic heterocycles. The summed E-state index contributed by atoms with van der Waals surface area (Å²) in [7, 11) is 0. The number of amides is 2. The summed E-state index contributed by atoms with van der Waals surface area (Å²) in [6.07, 6.45) is 0.561. The molecule has 0 aliphatic carbocycles. The minimum atomic E-state index is -0.498. The number of thioether (sulfide) groups is 1. The van der Waals surface area contributed by atoms with Gasteiger partial charge in [-0.25, -0.2) is 0 Å². The zero-order chi connectivity index (χ0) is 22.1. The first kappa shape index (κ1) is 24.3. The van der Waals surface area contributed by atoms with Crippen LogP contribution in [-0.4, -0.2) is 34.6 Å². The van der Waals surface area contributed by atoms with E-state index in [-0.39, 0.29) is 17.9 Å². The molecule has 30 heavy (non-hydrogen) atoms. The molecule has 0 aliphatic rings. The van der Waals surface area contributed by atoms with Gasteiger partial charge < -0.3 is 10.2 Å². The number of carbonyl (C=O) groups excluding carboxylic acids is 2. The number of aryl methyl sites for hydroxylation is 1. The molecule has 2 aromatic carbocycles. The lowest BCUT2D eigenvalue weighted by Gasteiger charge is -2.31. The van der Waals surface area contributed by atoms with Crippen molar-refractivity contribution < 1.29 is 9.59 Å². The Morgan fingerprint density at radius 3 is 2.37 bits per heavy atom. The maximum atomic E-state index is 13.2. The van der Waals surface area contributed by atoms with Crippen LogP contribution in [0.2, 0.25) is 5.02 Å². The monoisotopic (exact) mass is 446 g/mol. The smallest absolute Gasteiger partial charge is 0.243 e. The Morgan fingerprint density at radius 1 is 1.10 bits per heavy atom. The topological polar surface area (TPSA) is 49.4 Å². The SMILES string of the molecule is CC[C@@H](C(=O)NC(C)C)N(Cc1ccc(C)cc1)C(=O)CSCc1ccccc1Cl. The fraction of sp³-hybridized carbons (Fsp3) is 0.417. The van der Waals surface area contributed by atoms with E-state index < -0.39 is 6.04 Å². The van der Waals surface area contributed by atoms with Gasteiger partial charge in [-0.05, 0) is 44.4 Å². The van der Waals surface area contributed by atoms with E-state index in [1.807, 2.05) is 76.2 Å². The van der Waals surface area contributed by atoms with Crippen LogP contribution in [0.15, 0.2) is 48.5 Å². The summed E-state index contributed by atoms with van der Waals surface area (Å²) in [4.78, 5) is 27.7. The molecule has 0 saturated carbocycles. The van der Waals surface area contributed by atoms with Crippen LogP contribution in [0, 0.1) is 6.92 Å². The number of carbonyl (C=O) groups is 2. The lowest BCUT2D eigenvalue weighted by Crippen LogP contribution is -2.50. The minimum absolute atomic E-state index is 0.0254. The van der Waals surface area contributed by atoms with Crippen molar-refractivity contribution >= 4 is 35.2 Å². The van der Waals surface area contributed by atoms with Crippen LogP contribution in [0.4, 0.5) is 0 Å². The summed E-state index contributed by atoms with van der Waals surface area (Å²) in [5, 5.41) is 3.66. The predicted molar refractivity (Wildman–Crippen MR) is 127 cm³/mol. The molecule has 0 fully saturated rings. The molecule has 2 aromatic rings. The standard InChI is InChI=1S/C24H31ClN2O2S/c1-5-22(24(29)26-17(2)3)27(14-19-12-10-18(4)11-13-19)23(28)16-30-15-20-8-6-7-9-21(20)25/h6-13,17,22H,5,14-16H2,1-4H3,(H,26,29)/t22-/m0/s1. The second-order valence-corrected chi connectivity index (χ2v) is 9.07. The Kier molecular flexibility index (Phi) is 9.73. The van der Waals surface area contributed by atoms with Gasteiger partial charge in [-0.15, -0.1) is 11.8 Å². The van der Waals surface area contributed by atoms with Gasteiger partial charge in [-0.1, -0.05) is 66.6 Å². The molecule has 4 nitrogen and oxygen atoms in total. The van der Waals surface area contributed by atoms with Crippen molar-refractivity contribution in [3.05, 3.63) is 70.2 Å². The number of nitrogens with one attached hydrogen (secondary N) is 1. The molecule has 1 atom stereocenters. The molecule has 0 heterocycles. The van der Waals surface area contributed by atoms with Crippen molar-refractivity contribution in [2.45, 2.75) is 58.5 Å². The second-order valence-electron chi connectivity index (χ2n) is 7.68. The number of rotatable bonds is 10.